The van der Waals surface area contributed by atoms with Gasteiger partial charge in [0, 0.05) is 30.7 Å². The summed E-state index contributed by atoms with van der Waals surface area (Å²) in [4.78, 5) is 5.37. The third-order valence-corrected chi connectivity index (χ3v) is 5.12. The Morgan fingerprint density at radius 1 is 1.15 bits per heavy atom. The van der Waals surface area contributed by atoms with Gasteiger partial charge in [-0.1, -0.05) is 6.92 Å². The monoisotopic (exact) mass is 281 g/mol. The number of hydrogen-bond donors (Lipinski definition) is 1. The fourth-order valence-electron chi connectivity index (χ4n) is 3.73. The standard InChI is InChI=1S/C17H35N3/c1-6-15-13-19(5)10-7-11-20(15)16-9-8-14(16)12-18-17(2,3)4/h14-16,18H,6-13H2,1-5H3. The van der Waals surface area contributed by atoms with Crippen LogP contribution in [0, 0.1) is 5.92 Å². The molecule has 0 amide bonds. The van der Waals surface area contributed by atoms with E-state index in [9.17, 15) is 0 Å². The van der Waals surface area contributed by atoms with E-state index in [0.29, 0.717) is 0 Å². The molecule has 3 unspecified atom stereocenters. The van der Waals surface area contributed by atoms with Crippen LogP contribution in [0.1, 0.15) is 53.4 Å². The molecule has 20 heavy (non-hydrogen) atoms. The molecular formula is C17H35N3. The number of hydrogen-bond acceptors (Lipinski definition) is 3. The third-order valence-electron chi connectivity index (χ3n) is 5.12. The average Bonchev–Trinajstić information content (AvgIpc) is 2.48. The summed E-state index contributed by atoms with van der Waals surface area (Å²) in [6.07, 6.45) is 5.45. The van der Waals surface area contributed by atoms with Crippen molar-refractivity contribution in [2.75, 3.05) is 33.2 Å². The first-order valence-corrected chi connectivity index (χ1v) is 8.60. The Kier molecular flexibility index (Phi) is 5.49. The Morgan fingerprint density at radius 3 is 2.45 bits per heavy atom. The minimum absolute atomic E-state index is 0.253. The summed E-state index contributed by atoms with van der Waals surface area (Å²) in [5.41, 5.74) is 0.253. The van der Waals surface area contributed by atoms with E-state index in [4.69, 9.17) is 0 Å². The number of likely N-dealkylation sites (N-methyl/N-ethyl adjacent to an activating group) is 1. The molecule has 0 bridgehead atoms. The maximum absolute atomic E-state index is 3.71. The molecule has 3 nitrogen and oxygen atoms in total. The number of nitrogens with one attached hydrogen (secondary N) is 1. The van der Waals surface area contributed by atoms with Gasteiger partial charge in [0.05, 0.1) is 0 Å². The predicted molar refractivity (Wildman–Crippen MR) is 87.2 cm³/mol. The first kappa shape index (κ1) is 16.3. The van der Waals surface area contributed by atoms with Crippen molar-refractivity contribution in [1.29, 1.82) is 0 Å². The maximum Gasteiger partial charge on any atom is 0.0223 e. The van der Waals surface area contributed by atoms with Crippen LogP contribution in [-0.2, 0) is 0 Å². The van der Waals surface area contributed by atoms with Gasteiger partial charge in [0.25, 0.3) is 0 Å². The Hall–Kier alpha value is -0.120. The highest BCUT2D eigenvalue weighted by Crippen LogP contribution is 2.34. The Bertz CT molecular complexity index is 297. The van der Waals surface area contributed by atoms with Gasteiger partial charge in [0.15, 0.2) is 0 Å². The van der Waals surface area contributed by atoms with Gasteiger partial charge >= 0.3 is 0 Å². The summed E-state index contributed by atoms with van der Waals surface area (Å²) in [6.45, 7) is 14.2. The fourth-order valence-corrected chi connectivity index (χ4v) is 3.73. The molecular weight excluding hydrogens is 246 g/mol. The molecule has 1 aliphatic carbocycles. The molecule has 1 saturated carbocycles. The predicted octanol–water partition coefficient (Wildman–Crippen LogP) is 2.57. The lowest BCUT2D eigenvalue weighted by molar-refractivity contribution is 0.0249. The molecule has 1 N–H and O–H groups in total. The zero-order chi connectivity index (χ0) is 14.8. The lowest BCUT2D eigenvalue weighted by Crippen LogP contribution is -2.56. The summed E-state index contributed by atoms with van der Waals surface area (Å²) in [5, 5.41) is 3.71. The van der Waals surface area contributed by atoms with Gasteiger partial charge in [-0.3, -0.25) is 4.90 Å². The second-order valence-corrected chi connectivity index (χ2v) is 7.95. The molecule has 0 aromatic rings. The van der Waals surface area contributed by atoms with E-state index in [1.54, 1.807) is 0 Å². The Balaban J connectivity index is 1.91. The lowest BCUT2D eigenvalue weighted by atomic mass is 9.77. The molecule has 2 fully saturated rings. The first-order chi connectivity index (χ1) is 9.40. The van der Waals surface area contributed by atoms with Crippen molar-refractivity contribution < 1.29 is 0 Å². The van der Waals surface area contributed by atoms with Crippen LogP contribution in [0.2, 0.25) is 0 Å². The molecule has 3 heteroatoms. The molecule has 2 aliphatic rings. The molecule has 0 radical (unpaired) electrons. The highest BCUT2D eigenvalue weighted by atomic mass is 15.3. The van der Waals surface area contributed by atoms with Crippen LogP contribution in [-0.4, -0.2) is 60.6 Å². The maximum atomic E-state index is 3.71. The summed E-state index contributed by atoms with van der Waals surface area (Å²) in [6, 6.07) is 1.60. The number of rotatable bonds is 4. The molecule has 0 aromatic heterocycles. The van der Waals surface area contributed by atoms with E-state index in [-0.39, 0.29) is 5.54 Å². The molecule has 2 rings (SSSR count). The second kappa shape index (κ2) is 6.76. The molecule has 118 valence electrons. The number of nitrogens with zero attached hydrogens (tertiary/aromatic N) is 2. The van der Waals surface area contributed by atoms with E-state index in [2.05, 4.69) is 49.9 Å². The Labute approximate surface area is 126 Å². The SMILES string of the molecule is CCC1CN(C)CCCN1C1CCC1CNC(C)(C)C. The summed E-state index contributed by atoms with van der Waals surface area (Å²) < 4.78 is 0. The summed E-state index contributed by atoms with van der Waals surface area (Å²) in [7, 11) is 2.28. The third kappa shape index (κ3) is 4.19. The summed E-state index contributed by atoms with van der Waals surface area (Å²) in [5.74, 6) is 0.867. The van der Waals surface area contributed by atoms with Crippen molar-refractivity contribution in [1.82, 2.24) is 15.1 Å². The van der Waals surface area contributed by atoms with Crippen LogP contribution in [0.3, 0.4) is 0 Å². The Morgan fingerprint density at radius 2 is 1.90 bits per heavy atom. The van der Waals surface area contributed by atoms with Crippen molar-refractivity contribution in [3.05, 3.63) is 0 Å². The molecule has 1 heterocycles. The van der Waals surface area contributed by atoms with Gasteiger partial charge in [-0.05, 0) is 72.5 Å². The minimum atomic E-state index is 0.253. The smallest absolute Gasteiger partial charge is 0.0223 e. The largest absolute Gasteiger partial charge is 0.312 e. The molecule has 0 spiro atoms. The van der Waals surface area contributed by atoms with Crippen LogP contribution >= 0.6 is 0 Å². The van der Waals surface area contributed by atoms with Gasteiger partial charge in [0.1, 0.15) is 0 Å². The van der Waals surface area contributed by atoms with E-state index in [1.807, 2.05) is 0 Å². The van der Waals surface area contributed by atoms with Crippen LogP contribution < -0.4 is 5.32 Å². The van der Waals surface area contributed by atoms with Crippen molar-refractivity contribution in [3.8, 4) is 0 Å². The van der Waals surface area contributed by atoms with Crippen molar-refractivity contribution in [2.24, 2.45) is 5.92 Å². The average molecular weight is 281 g/mol. The fraction of sp³-hybridized carbons (Fsp3) is 1.00. The zero-order valence-electron chi connectivity index (χ0n) is 14.3. The van der Waals surface area contributed by atoms with E-state index >= 15 is 0 Å². The van der Waals surface area contributed by atoms with Crippen LogP contribution in [0.25, 0.3) is 0 Å². The van der Waals surface area contributed by atoms with Crippen molar-refractivity contribution in [3.63, 3.8) is 0 Å². The first-order valence-electron chi connectivity index (χ1n) is 8.60. The molecule has 0 aromatic carbocycles. The highest BCUT2D eigenvalue weighted by Gasteiger charge is 2.39. The molecule has 1 aliphatic heterocycles. The van der Waals surface area contributed by atoms with E-state index in [0.717, 1.165) is 18.0 Å². The van der Waals surface area contributed by atoms with Gasteiger partial charge in [0.2, 0.25) is 0 Å². The van der Waals surface area contributed by atoms with Gasteiger partial charge in [-0.25, -0.2) is 0 Å². The summed E-state index contributed by atoms with van der Waals surface area (Å²) >= 11 is 0. The normalized spacial score (nSPS) is 33.8. The van der Waals surface area contributed by atoms with E-state index in [1.165, 1.54) is 51.9 Å². The molecule has 3 atom stereocenters. The van der Waals surface area contributed by atoms with Gasteiger partial charge in [-0.2, -0.15) is 0 Å². The molecule has 1 saturated heterocycles. The highest BCUT2D eigenvalue weighted by molar-refractivity contribution is 4.95. The van der Waals surface area contributed by atoms with Gasteiger partial charge in [-0.15, -0.1) is 0 Å². The second-order valence-electron chi connectivity index (χ2n) is 7.95. The van der Waals surface area contributed by atoms with Crippen LogP contribution in [0.15, 0.2) is 0 Å². The lowest BCUT2D eigenvalue weighted by Gasteiger charge is -2.48. The minimum Gasteiger partial charge on any atom is -0.312 e. The van der Waals surface area contributed by atoms with E-state index < -0.39 is 0 Å². The van der Waals surface area contributed by atoms with Crippen molar-refractivity contribution in [2.45, 2.75) is 71.0 Å². The van der Waals surface area contributed by atoms with Crippen LogP contribution in [0.4, 0.5) is 0 Å². The zero-order valence-corrected chi connectivity index (χ0v) is 14.3. The topological polar surface area (TPSA) is 18.5 Å². The van der Waals surface area contributed by atoms with Crippen LogP contribution in [0.5, 0.6) is 0 Å². The quantitative estimate of drug-likeness (QED) is 0.854. The van der Waals surface area contributed by atoms with Gasteiger partial charge < -0.3 is 10.2 Å². The van der Waals surface area contributed by atoms with Crippen molar-refractivity contribution >= 4 is 0 Å².